The van der Waals surface area contributed by atoms with Crippen molar-refractivity contribution in [2.75, 3.05) is 24.5 Å². The lowest BCUT2D eigenvalue weighted by Crippen LogP contribution is -2.41. The van der Waals surface area contributed by atoms with Gasteiger partial charge in [-0.25, -0.2) is 0 Å². The van der Waals surface area contributed by atoms with Gasteiger partial charge in [0.2, 0.25) is 5.91 Å². The molecule has 7 heteroatoms. The Balaban J connectivity index is 1.33. The number of Topliss-reactive ketones (excluding diaryl/α,β-unsaturated/α-hetero) is 1. The van der Waals surface area contributed by atoms with Crippen molar-refractivity contribution in [2.45, 2.75) is 57.6 Å². The lowest BCUT2D eigenvalue weighted by Gasteiger charge is -2.23. The van der Waals surface area contributed by atoms with Crippen LogP contribution in [0, 0.1) is 6.92 Å². The second kappa shape index (κ2) is 9.00. The molecule has 0 bridgehead atoms. The van der Waals surface area contributed by atoms with Crippen molar-refractivity contribution in [3.8, 4) is 0 Å². The minimum absolute atomic E-state index is 0.00253. The smallest absolute Gasteiger partial charge is 0.231 e. The van der Waals surface area contributed by atoms with Crippen molar-refractivity contribution in [2.24, 2.45) is 0 Å². The molecule has 0 radical (unpaired) electrons. The van der Waals surface area contributed by atoms with Crippen molar-refractivity contribution in [1.82, 2.24) is 10.1 Å². The molecule has 0 spiro atoms. The summed E-state index contributed by atoms with van der Waals surface area (Å²) < 4.78 is 5.12. The van der Waals surface area contributed by atoms with Crippen molar-refractivity contribution in [1.29, 1.82) is 0 Å². The fraction of sp³-hybridized carbons (Fsp3) is 0.522. The molecular formula is C23H29N3O4. The summed E-state index contributed by atoms with van der Waals surface area (Å²) in [5.41, 5.74) is 3.06. The number of β-amino-alcohol motifs (C(OH)–C–C–N with tert-alkyl or cyclic N) is 1. The van der Waals surface area contributed by atoms with E-state index >= 15 is 0 Å². The molecule has 1 amide bonds. The summed E-state index contributed by atoms with van der Waals surface area (Å²) in [6.45, 7) is 4.20. The van der Waals surface area contributed by atoms with Crippen LogP contribution in [0.15, 0.2) is 34.9 Å². The average molecular weight is 412 g/mol. The Morgan fingerprint density at radius 3 is 2.60 bits per heavy atom. The number of carbonyl (C=O) groups excluding carboxylic acids is 2. The highest BCUT2D eigenvalue weighted by Crippen LogP contribution is 2.24. The van der Waals surface area contributed by atoms with Gasteiger partial charge in [0.05, 0.1) is 24.3 Å². The Morgan fingerprint density at radius 2 is 1.93 bits per heavy atom. The van der Waals surface area contributed by atoms with Crippen LogP contribution in [0.1, 0.15) is 42.7 Å². The zero-order chi connectivity index (χ0) is 21.1. The van der Waals surface area contributed by atoms with Gasteiger partial charge in [0, 0.05) is 44.2 Å². The molecule has 0 unspecified atom stereocenters. The van der Waals surface area contributed by atoms with Crippen LogP contribution in [-0.2, 0) is 22.4 Å². The molecule has 1 aromatic carbocycles. The summed E-state index contributed by atoms with van der Waals surface area (Å²) in [6.07, 6.45) is 3.16. The van der Waals surface area contributed by atoms with E-state index in [1.807, 2.05) is 0 Å². The Bertz CT molecular complexity index is 886. The summed E-state index contributed by atoms with van der Waals surface area (Å²) in [6, 6.07) is 9.56. The van der Waals surface area contributed by atoms with E-state index in [4.69, 9.17) is 4.52 Å². The average Bonchev–Trinajstić information content (AvgIpc) is 3.48. The fourth-order valence-corrected chi connectivity index (χ4v) is 4.43. The second-order valence-electron chi connectivity index (χ2n) is 8.39. The number of nitrogens with zero attached hydrogens (tertiary/aromatic N) is 3. The Morgan fingerprint density at radius 1 is 1.20 bits per heavy atom. The van der Waals surface area contributed by atoms with Gasteiger partial charge in [-0.2, -0.15) is 0 Å². The predicted molar refractivity (Wildman–Crippen MR) is 112 cm³/mol. The summed E-state index contributed by atoms with van der Waals surface area (Å²) >= 11 is 0. The quantitative estimate of drug-likeness (QED) is 0.752. The van der Waals surface area contributed by atoms with Crippen molar-refractivity contribution in [3.63, 3.8) is 0 Å². The first kappa shape index (κ1) is 20.6. The zero-order valence-corrected chi connectivity index (χ0v) is 17.4. The third kappa shape index (κ3) is 4.73. The summed E-state index contributed by atoms with van der Waals surface area (Å²) in [4.78, 5) is 29.4. The highest BCUT2D eigenvalue weighted by atomic mass is 16.5. The first-order valence-electron chi connectivity index (χ1n) is 10.8. The molecule has 0 aliphatic carbocycles. The maximum absolute atomic E-state index is 12.9. The van der Waals surface area contributed by atoms with Gasteiger partial charge in [-0.15, -0.1) is 0 Å². The molecule has 3 heterocycles. The number of carbonyl (C=O) groups is 2. The number of aryl methyl sites for hydroxylation is 2. The van der Waals surface area contributed by atoms with Gasteiger partial charge in [-0.3, -0.25) is 9.59 Å². The highest BCUT2D eigenvalue weighted by molar-refractivity contribution is 5.90. The lowest BCUT2D eigenvalue weighted by molar-refractivity contribution is -0.137. The molecule has 2 atom stereocenters. The number of ketones is 1. The molecule has 7 nitrogen and oxygen atoms in total. The first-order valence-corrected chi connectivity index (χ1v) is 10.8. The third-order valence-corrected chi connectivity index (χ3v) is 6.04. The molecule has 2 aromatic rings. The van der Waals surface area contributed by atoms with Gasteiger partial charge in [0.1, 0.15) is 5.76 Å². The highest BCUT2D eigenvalue weighted by Gasteiger charge is 2.38. The molecular weight excluding hydrogens is 382 g/mol. The molecule has 2 fully saturated rings. The van der Waals surface area contributed by atoms with E-state index in [0.717, 1.165) is 18.7 Å². The van der Waals surface area contributed by atoms with Crippen LogP contribution in [-0.4, -0.2) is 58.6 Å². The SMILES string of the molecule is Cc1cc(CC(=O)N2C[C@H](O)C[C@H]2C(=O)CCc2ccc(N3CCCC3)cc2)on1. The zero-order valence-electron chi connectivity index (χ0n) is 17.4. The van der Waals surface area contributed by atoms with Crippen LogP contribution in [0.2, 0.25) is 0 Å². The van der Waals surface area contributed by atoms with E-state index in [0.29, 0.717) is 30.7 Å². The summed E-state index contributed by atoms with van der Waals surface area (Å²) in [5, 5.41) is 13.9. The Labute approximate surface area is 176 Å². The van der Waals surface area contributed by atoms with E-state index in [9.17, 15) is 14.7 Å². The van der Waals surface area contributed by atoms with Crippen LogP contribution < -0.4 is 4.90 Å². The van der Waals surface area contributed by atoms with E-state index in [1.54, 1.807) is 13.0 Å². The van der Waals surface area contributed by atoms with Crippen molar-refractivity contribution >= 4 is 17.4 Å². The lowest BCUT2D eigenvalue weighted by atomic mass is 10.0. The molecule has 0 saturated carbocycles. The summed E-state index contributed by atoms with van der Waals surface area (Å²) in [7, 11) is 0. The maximum Gasteiger partial charge on any atom is 0.231 e. The fourth-order valence-electron chi connectivity index (χ4n) is 4.43. The molecule has 160 valence electrons. The molecule has 2 aliphatic heterocycles. The standard InChI is InChI=1S/C23H29N3O4/c1-16-12-20(30-24-16)14-23(29)26-15-19(27)13-21(26)22(28)9-6-17-4-7-18(8-5-17)25-10-2-3-11-25/h4-5,7-8,12,19,21,27H,2-3,6,9-11,13-15H2,1H3/t19-,21+/m1/s1. The number of aliphatic hydroxyl groups is 1. The molecule has 4 rings (SSSR count). The molecule has 1 aromatic heterocycles. The van der Waals surface area contributed by atoms with Crippen LogP contribution in [0.3, 0.4) is 0 Å². The van der Waals surface area contributed by atoms with Gasteiger partial charge >= 0.3 is 0 Å². The van der Waals surface area contributed by atoms with E-state index in [-0.39, 0.29) is 24.7 Å². The van der Waals surface area contributed by atoms with Crippen LogP contribution in [0.25, 0.3) is 0 Å². The number of aromatic nitrogens is 1. The molecule has 30 heavy (non-hydrogen) atoms. The number of hydrogen-bond acceptors (Lipinski definition) is 6. The number of likely N-dealkylation sites (tertiary alicyclic amines) is 1. The minimum atomic E-state index is -0.667. The first-order chi connectivity index (χ1) is 14.5. The van der Waals surface area contributed by atoms with Gasteiger partial charge in [-0.1, -0.05) is 17.3 Å². The number of aliphatic hydroxyl groups excluding tert-OH is 1. The molecule has 2 saturated heterocycles. The number of hydrogen-bond donors (Lipinski definition) is 1. The normalized spacial score (nSPS) is 21.4. The number of amides is 1. The van der Waals surface area contributed by atoms with Gasteiger partial charge in [-0.05, 0) is 43.9 Å². The Hall–Kier alpha value is -2.67. The molecule has 1 N–H and O–H groups in total. The van der Waals surface area contributed by atoms with Crippen LogP contribution in [0.5, 0.6) is 0 Å². The van der Waals surface area contributed by atoms with Crippen molar-refractivity contribution < 1.29 is 19.2 Å². The van der Waals surface area contributed by atoms with E-state index in [1.165, 1.54) is 23.4 Å². The van der Waals surface area contributed by atoms with Crippen LogP contribution >= 0.6 is 0 Å². The largest absolute Gasteiger partial charge is 0.391 e. The topological polar surface area (TPSA) is 86.9 Å². The number of benzene rings is 1. The van der Waals surface area contributed by atoms with Gasteiger partial charge in [0.15, 0.2) is 5.78 Å². The van der Waals surface area contributed by atoms with E-state index < -0.39 is 12.1 Å². The monoisotopic (exact) mass is 411 g/mol. The van der Waals surface area contributed by atoms with Crippen LogP contribution in [0.4, 0.5) is 5.69 Å². The number of anilines is 1. The third-order valence-electron chi connectivity index (χ3n) is 6.04. The predicted octanol–water partition coefficient (Wildman–Crippen LogP) is 2.29. The molecule has 2 aliphatic rings. The second-order valence-corrected chi connectivity index (χ2v) is 8.39. The van der Waals surface area contributed by atoms with Crippen molar-refractivity contribution in [3.05, 3.63) is 47.3 Å². The summed E-state index contributed by atoms with van der Waals surface area (Å²) in [5.74, 6) is 0.261. The van der Waals surface area contributed by atoms with Gasteiger partial charge < -0.3 is 19.4 Å². The maximum atomic E-state index is 12.9. The minimum Gasteiger partial charge on any atom is -0.391 e. The Kier molecular flexibility index (Phi) is 6.18. The van der Waals surface area contributed by atoms with E-state index in [2.05, 4.69) is 34.3 Å². The number of rotatable bonds is 7. The van der Waals surface area contributed by atoms with Gasteiger partial charge in [0.25, 0.3) is 0 Å².